The molecule has 1 amide bonds. The average Bonchev–Trinajstić information content (AvgIpc) is 2.15. The zero-order valence-electron chi connectivity index (χ0n) is 10.1. The van der Waals surface area contributed by atoms with E-state index in [-0.39, 0.29) is 11.3 Å². The second kappa shape index (κ2) is 5.47. The van der Waals surface area contributed by atoms with E-state index in [4.69, 9.17) is 0 Å². The predicted molar refractivity (Wildman–Crippen MR) is 61.8 cm³/mol. The highest BCUT2D eigenvalue weighted by Gasteiger charge is 2.26. The summed E-state index contributed by atoms with van der Waals surface area (Å²) in [5.74, 6) is 0.117. The van der Waals surface area contributed by atoms with Gasteiger partial charge in [-0.2, -0.15) is 0 Å². The van der Waals surface area contributed by atoms with E-state index in [1.807, 2.05) is 19.0 Å². The van der Waals surface area contributed by atoms with Crippen LogP contribution < -0.4 is 10.6 Å². The zero-order chi connectivity index (χ0) is 11.3. The van der Waals surface area contributed by atoms with E-state index in [2.05, 4.69) is 17.6 Å². The first-order valence-electron chi connectivity index (χ1n) is 5.64. The van der Waals surface area contributed by atoms with Gasteiger partial charge in [0.1, 0.15) is 0 Å². The molecule has 0 aliphatic carbocycles. The number of nitrogens with one attached hydrogen (secondary N) is 2. The highest BCUT2D eigenvalue weighted by Crippen LogP contribution is 2.23. The highest BCUT2D eigenvalue weighted by molar-refractivity contribution is 5.77. The van der Waals surface area contributed by atoms with E-state index in [0.29, 0.717) is 6.54 Å². The van der Waals surface area contributed by atoms with Crippen LogP contribution in [0.25, 0.3) is 0 Å². The van der Waals surface area contributed by atoms with Crippen molar-refractivity contribution in [1.82, 2.24) is 15.5 Å². The molecule has 0 aromatic rings. The largest absolute Gasteiger partial charge is 0.354 e. The fraction of sp³-hybridized carbons (Fsp3) is 0.909. The van der Waals surface area contributed by atoms with E-state index in [0.717, 1.165) is 19.6 Å². The van der Waals surface area contributed by atoms with Gasteiger partial charge in [0, 0.05) is 13.1 Å². The number of likely N-dealkylation sites (N-methyl/N-ethyl adjacent to an activating group) is 1. The molecule has 0 saturated carbocycles. The minimum atomic E-state index is 0.117. The Morgan fingerprint density at radius 3 is 2.80 bits per heavy atom. The molecular weight excluding hydrogens is 190 g/mol. The Kier molecular flexibility index (Phi) is 4.54. The molecule has 1 aliphatic heterocycles. The van der Waals surface area contributed by atoms with Crippen LogP contribution in [0.4, 0.5) is 0 Å². The summed E-state index contributed by atoms with van der Waals surface area (Å²) in [4.78, 5) is 13.4. The standard InChI is InChI=1S/C11H23N3O/c1-11(5-4-6-12-8-11)9-13-10(15)7-14(2)3/h12H,4-9H2,1-3H3,(H,13,15). The summed E-state index contributed by atoms with van der Waals surface area (Å²) in [6.07, 6.45) is 2.41. The number of rotatable bonds is 4. The lowest BCUT2D eigenvalue weighted by atomic mass is 9.83. The van der Waals surface area contributed by atoms with Crippen LogP contribution in [0.1, 0.15) is 19.8 Å². The molecule has 0 aromatic heterocycles. The first-order chi connectivity index (χ1) is 7.02. The van der Waals surface area contributed by atoms with Crippen molar-refractivity contribution in [3.05, 3.63) is 0 Å². The molecule has 1 heterocycles. The van der Waals surface area contributed by atoms with E-state index in [1.165, 1.54) is 12.8 Å². The third kappa shape index (κ3) is 4.62. The van der Waals surface area contributed by atoms with E-state index in [9.17, 15) is 4.79 Å². The molecule has 1 unspecified atom stereocenters. The Balaban J connectivity index is 2.25. The Morgan fingerprint density at radius 2 is 2.27 bits per heavy atom. The Bertz CT molecular complexity index is 210. The van der Waals surface area contributed by atoms with Gasteiger partial charge in [-0.05, 0) is 38.9 Å². The van der Waals surface area contributed by atoms with Crippen molar-refractivity contribution in [2.75, 3.05) is 40.3 Å². The van der Waals surface area contributed by atoms with Crippen molar-refractivity contribution in [1.29, 1.82) is 0 Å². The summed E-state index contributed by atoms with van der Waals surface area (Å²) >= 11 is 0. The minimum Gasteiger partial charge on any atom is -0.354 e. The average molecular weight is 213 g/mol. The first-order valence-corrected chi connectivity index (χ1v) is 5.64. The number of hydrogen-bond donors (Lipinski definition) is 2. The van der Waals surface area contributed by atoms with Gasteiger partial charge in [-0.3, -0.25) is 4.79 Å². The molecule has 1 fully saturated rings. The Morgan fingerprint density at radius 1 is 1.53 bits per heavy atom. The van der Waals surface area contributed by atoms with Crippen LogP contribution in [-0.4, -0.2) is 51.1 Å². The second-order valence-corrected chi connectivity index (χ2v) is 5.11. The Hall–Kier alpha value is -0.610. The van der Waals surface area contributed by atoms with Gasteiger partial charge >= 0.3 is 0 Å². The van der Waals surface area contributed by atoms with Gasteiger partial charge in [-0.15, -0.1) is 0 Å². The van der Waals surface area contributed by atoms with Crippen LogP contribution in [0.5, 0.6) is 0 Å². The van der Waals surface area contributed by atoms with Crippen molar-refractivity contribution in [3.8, 4) is 0 Å². The fourth-order valence-electron chi connectivity index (χ4n) is 1.92. The van der Waals surface area contributed by atoms with Gasteiger partial charge in [-0.25, -0.2) is 0 Å². The van der Waals surface area contributed by atoms with Crippen molar-refractivity contribution >= 4 is 5.91 Å². The van der Waals surface area contributed by atoms with Crippen molar-refractivity contribution in [2.24, 2.45) is 5.41 Å². The lowest BCUT2D eigenvalue weighted by Crippen LogP contribution is -2.47. The normalized spacial score (nSPS) is 26.7. The summed E-state index contributed by atoms with van der Waals surface area (Å²) in [5.41, 5.74) is 0.236. The molecule has 88 valence electrons. The molecule has 1 rings (SSSR count). The van der Waals surface area contributed by atoms with E-state index >= 15 is 0 Å². The molecule has 0 aromatic carbocycles. The third-order valence-electron chi connectivity index (χ3n) is 2.86. The zero-order valence-corrected chi connectivity index (χ0v) is 10.1. The number of hydrogen-bond acceptors (Lipinski definition) is 3. The summed E-state index contributed by atoms with van der Waals surface area (Å²) < 4.78 is 0. The second-order valence-electron chi connectivity index (χ2n) is 5.11. The summed E-state index contributed by atoms with van der Waals surface area (Å²) in [7, 11) is 3.81. The van der Waals surface area contributed by atoms with Gasteiger partial charge < -0.3 is 15.5 Å². The van der Waals surface area contributed by atoms with Gasteiger partial charge in [0.15, 0.2) is 0 Å². The quantitative estimate of drug-likeness (QED) is 0.694. The molecule has 1 saturated heterocycles. The molecule has 4 nitrogen and oxygen atoms in total. The molecule has 1 aliphatic rings. The topological polar surface area (TPSA) is 44.4 Å². The molecule has 15 heavy (non-hydrogen) atoms. The molecule has 2 N–H and O–H groups in total. The molecule has 0 bridgehead atoms. The molecule has 4 heteroatoms. The van der Waals surface area contributed by atoms with E-state index < -0.39 is 0 Å². The fourth-order valence-corrected chi connectivity index (χ4v) is 1.92. The molecule has 0 spiro atoms. The van der Waals surface area contributed by atoms with Crippen LogP contribution in [0.2, 0.25) is 0 Å². The predicted octanol–water partition coefficient (Wildman–Crippen LogP) is 0.0539. The monoisotopic (exact) mass is 213 g/mol. The summed E-state index contributed by atoms with van der Waals surface area (Å²) in [5, 5.41) is 6.38. The van der Waals surface area contributed by atoms with Crippen LogP contribution >= 0.6 is 0 Å². The van der Waals surface area contributed by atoms with Gasteiger partial charge in [0.05, 0.1) is 6.54 Å². The van der Waals surface area contributed by atoms with Gasteiger partial charge in [0.25, 0.3) is 0 Å². The van der Waals surface area contributed by atoms with Crippen molar-refractivity contribution in [2.45, 2.75) is 19.8 Å². The number of carbonyl (C=O) groups excluding carboxylic acids is 1. The highest BCUT2D eigenvalue weighted by atomic mass is 16.2. The lowest BCUT2D eigenvalue weighted by Gasteiger charge is -2.34. The summed E-state index contributed by atoms with van der Waals surface area (Å²) in [6, 6.07) is 0. The molecule has 1 atom stereocenters. The van der Waals surface area contributed by atoms with Crippen LogP contribution in [0, 0.1) is 5.41 Å². The first kappa shape index (κ1) is 12.5. The third-order valence-corrected chi connectivity index (χ3v) is 2.86. The molecule has 0 radical (unpaired) electrons. The van der Waals surface area contributed by atoms with Gasteiger partial charge in [0.2, 0.25) is 5.91 Å². The van der Waals surface area contributed by atoms with Crippen LogP contribution in [-0.2, 0) is 4.79 Å². The molecular formula is C11H23N3O. The minimum absolute atomic E-state index is 0.117. The maximum absolute atomic E-state index is 11.5. The van der Waals surface area contributed by atoms with Crippen LogP contribution in [0.15, 0.2) is 0 Å². The summed E-state index contributed by atoms with van der Waals surface area (Å²) in [6.45, 7) is 5.61. The van der Waals surface area contributed by atoms with Crippen molar-refractivity contribution in [3.63, 3.8) is 0 Å². The maximum atomic E-state index is 11.5. The van der Waals surface area contributed by atoms with E-state index in [1.54, 1.807) is 0 Å². The maximum Gasteiger partial charge on any atom is 0.234 e. The number of amides is 1. The van der Waals surface area contributed by atoms with Crippen molar-refractivity contribution < 1.29 is 4.79 Å². The van der Waals surface area contributed by atoms with Crippen LogP contribution in [0.3, 0.4) is 0 Å². The number of carbonyl (C=O) groups is 1. The number of piperidine rings is 1. The lowest BCUT2D eigenvalue weighted by molar-refractivity contribution is -0.122. The number of nitrogens with zero attached hydrogens (tertiary/aromatic N) is 1. The Labute approximate surface area is 92.4 Å². The smallest absolute Gasteiger partial charge is 0.234 e. The van der Waals surface area contributed by atoms with Gasteiger partial charge in [-0.1, -0.05) is 6.92 Å². The SMILES string of the molecule is CN(C)CC(=O)NCC1(C)CCCNC1.